The van der Waals surface area contributed by atoms with Crippen LogP contribution in [0.25, 0.3) is 0 Å². The summed E-state index contributed by atoms with van der Waals surface area (Å²) in [6.45, 7) is 18.5. The van der Waals surface area contributed by atoms with Gasteiger partial charge < -0.3 is 0 Å². The first-order chi connectivity index (χ1) is 11.8. The molecule has 2 aliphatic rings. The first-order valence-electron chi connectivity index (χ1n) is 10.3. The van der Waals surface area contributed by atoms with E-state index >= 15 is 0 Å². The molecule has 0 fully saturated rings. The average molecular weight is 507 g/mol. The maximum absolute atomic E-state index is 2.52. The molecule has 0 amide bonds. The van der Waals surface area contributed by atoms with Gasteiger partial charge in [-0.05, 0) is 0 Å². The molecular weight excluding hydrogens is 467 g/mol. The molecule has 0 bridgehead atoms. The van der Waals surface area contributed by atoms with Crippen LogP contribution in [0.3, 0.4) is 0 Å². The third kappa shape index (κ3) is 7.53. The summed E-state index contributed by atoms with van der Waals surface area (Å²) in [5.74, 6) is 1.57. The van der Waals surface area contributed by atoms with Gasteiger partial charge in [-0.1, -0.05) is 26.7 Å². The van der Waals surface area contributed by atoms with Crippen molar-refractivity contribution in [2.24, 2.45) is 11.8 Å². The van der Waals surface area contributed by atoms with Crippen LogP contribution < -0.4 is 0 Å². The smallest absolute Gasteiger partial charge is 0.0564 e. The second kappa shape index (κ2) is 11.5. The molecule has 0 aromatic heterocycles. The molecule has 140 valence electrons. The van der Waals surface area contributed by atoms with E-state index in [-0.39, 0.29) is 0 Å². The molecule has 1 heteroatoms. The van der Waals surface area contributed by atoms with Crippen molar-refractivity contribution < 1.29 is 22.9 Å². The van der Waals surface area contributed by atoms with Gasteiger partial charge in [0.1, 0.15) is 0 Å². The van der Waals surface area contributed by atoms with E-state index in [1.54, 1.807) is 22.3 Å². The molecule has 25 heavy (non-hydrogen) atoms. The van der Waals surface area contributed by atoms with Crippen LogP contribution in [0.15, 0.2) is 41.1 Å². The zero-order valence-corrected chi connectivity index (χ0v) is 21.6. The van der Waals surface area contributed by atoms with E-state index < -0.39 is 22.9 Å². The summed E-state index contributed by atoms with van der Waals surface area (Å²) in [6.07, 6.45) is 12.8. The summed E-state index contributed by atoms with van der Waals surface area (Å²) >= 11 is -0.771. The van der Waals surface area contributed by atoms with Crippen molar-refractivity contribution in [3.8, 4) is 0 Å². The minimum absolute atomic E-state index is 0.771. The van der Waals surface area contributed by atoms with Crippen LogP contribution in [-0.2, 0) is 22.9 Å². The van der Waals surface area contributed by atoms with Gasteiger partial charge in [0.25, 0.3) is 0 Å². The summed E-state index contributed by atoms with van der Waals surface area (Å²) in [7, 11) is 0. The predicted molar refractivity (Wildman–Crippen MR) is 110 cm³/mol. The maximum Gasteiger partial charge on any atom is -0.0564 e. The first-order valence-corrected chi connectivity index (χ1v) is 13.9. The van der Waals surface area contributed by atoms with Crippen molar-refractivity contribution in [1.82, 2.24) is 0 Å². The molecule has 0 heterocycles. The van der Waals surface area contributed by atoms with Crippen LogP contribution in [0.1, 0.15) is 93.9 Å². The minimum atomic E-state index is -0.771. The van der Waals surface area contributed by atoms with Gasteiger partial charge in [0, 0.05) is 0 Å². The molecule has 0 aromatic rings. The predicted octanol–water partition coefficient (Wildman–Crippen LogP) is 8.18. The van der Waals surface area contributed by atoms with Gasteiger partial charge in [-0.3, -0.25) is 0 Å². The second-order valence-electron chi connectivity index (χ2n) is 8.40. The third-order valence-electron chi connectivity index (χ3n) is 5.03. The molecular formula is C24H40Hf. The van der Waals surface area contributed by atoms with Crippen molar-refractivity contribution in [2.45, 2.75) is 93.9 Å². The monoisotopic (exact) mass is 508 g/mol. The largest absolute Gasteiger partial charge is 0.0654 e. The van der Waals surface area contributed by atoms with Crippen molar-refractivity contribution >= 4 is 0 Å². The number of rotatable bonds is 7. The van der Waals surface area contributed by atoms with Gasteiger partial charge in [0.05, 0.1) is 0 Å². The number of hydrogen-bond donors (Lipinski definition) is 0. The Kier molecular flexibility index (Phi) is 10.5. The van der Waals surface area contributed by atoms with Crippen LogP contribution in [-0.4, -0.2) is 0 Å². The van der Waals surface area contributed by atoms with Crippen LogP contribution >= 0.6 is 0 Å². The quantitative estimate of drug-likeness (QED) is 0.305. The Balaban J connectivity index is 0.000000705. The Morgan fingerprint density at radius 1 is 0.760 bits per heavy atom. The fourth-order valence-corrected chi connectivity index (χ4v) is 8.55. The van der Waals surface area contributed by atoms with E-state index in [1.165, 1.54) is 38.5 Å². The zero-order valence-electron chi connectivity index (χ0n) is 18.1. The molecule has 2 rings (SSSR count). The molecule has 0 radical (unpaired) electrons. The molecule has 0 atom stereocenters. The second-order valence-corrected chi connectivity index (χ2v) is 13.6. The Morgan fingerprint density at radius 2 is 1.12 bits per heavy atom. The zero-order chi connectivity index (χ0) is 19.0. The Labute approximate surface area is 169 Å². The SMILES string of the molecule is CC1=[C]([Hf][C]2=C(C)C(CC(C)C)=CC2)CC=C1CC(C)C.CCCC. The average Bonchev–Trinajstić information content (AvgIpc) is 3.05. The molecule has 0 aliphatic heterocycles. The van der Waals surface area contributed by atoms with Gasteiger partial charge >= 0.3 is 143 Å². The third-order valence-corrected chi connectivity index (χ3v) is 11.4. The van der Waals surface area contributed by atoms with E-state index in [0.29, 0.717) is 0 Å². The maximum atomic E-state index is 2.52. The van der Waals surface area contributed by atoms with Gasteiger partial charge in [0.2, 0.25) is 0 Å². The fourth-order valence-electron chi connectivity index (χ4n) is 3.27. The summed E-state index contributed by atoms with van der Waals surface area (Å²) in [5.41, 5.74) is 6.65. The van der Waals surface area contributed by atoms with E-state index in [1.807, 2.05) is 6.66 Å². The van der Waals surface area contributed by atoms with Crippen molar-refractivity contribution in [2.75, 3.05) is 0 Å². The van der Waals surface area contributed by atoms with E-state index in [9.17, 15) is 0 Å². The van der Waals surface area contributed by atoms with Crippen LogP contribution in [0.5, 0.6) is 0 Å². The number of unbranched alkanes of at least 4 members (excludes halogenated alkanes) is 1. The topological polar surface area (TPSA) is 0 Å². The van der Waals surface area contributed by atoms with E-state index in [0.717, 1.165) is 11.8 Å². The Bertz CT molecular complexity index is 503. The number of hydrogen-bond acceptors (Lipinski definition) is 0. The molecule has 0 aromatic carbocycles. The van der Waals surface area contributed by atoms with Crippen LogP contribution in [0.2, 0.25) is 0 Å². The molecule has 0 unspecified atom stereocenters. The fraction of sp³-hybridized carbons (Fsp3) is 0.667. The summed E-state index contributed by atoms with van der Waals surface area (Å²) < 4.78 is 3.72. The number of allylic oxidation sites excluding steroid dienone is 8. The molecule has 2 aliphatic carbocycles. The first kappa shape index (κ1) is 22.9. The standard InChI is InChI=1S/2C10H15.C4H10.Hf/c2*1-8(2)7-10-6-4-5-9(10)3;1-3-4-2;/h2*6,8H,4,7H2,1-3H3;3-4H2,1-2H3;. The van der Waals surface area contributed by atoms with Crippen LogP contribution in [0, 0.1) is 11.8 Å². The molecule has 0 spiro atoms. The van der Waals surface area contributed by atoms with E-state index in [2.05, 4.69) is 67.5 Å². The Morgan fingerprint density at radius 3 is 1.40 bits per heavy atom. The van der Waals surface area contributed by atoms with Crippen molar-refractivity contribution in [1.29, 1.82) is 0 Å². The molecule has 0 saturated heterocycles. The Hall–Kier alpha value is -0.170. The minimum Gasteiger partial charge on any atom is -0.0654 e. The van der Waals surface area contributed by atoms with Crippen molar-refractivity contribution in [3.63, 3.8) is 0 Å². The van der Waals surface area contributed by atoms with Gasteiger partial charge in [0.15, 0.2) is 0 Å². The summed E-state index contributed by atoms with van der Waals surface area (Å²) in [6, 6.07) is 0. The molecule has 0 saturated carbocycles. The van der Waals surface area contributed by atoms with E-state index in [4.69, 9.17) is 0 Å². The van der Waals surface area contributed by atoms with Gasteiger partial charge in [-0.2, -0.15) is 0 Å². The normalized spacial score (nSPS) is 17.2. The molecule has 0 N–H and O–H groups in total. The van der Waals surface area contributed by atoms with Crippen molar-refractivity contribution in [3.05, 3.63) is 41.1 Å². The van der Waals surface area contributed by atoms with Gasteiger partial charge in [-0.25, -0.2) is 0 Å². The molecule has 0 nitrogen and oxygen atoms in total. The summed E-state index contributed by atoms with van der Waals surface area (Å²) in [5, 5.41) is 0. The van der Waals surface area contributed by atoms with Crippen LogP contribution in [0.4, 0.5) is 0 Å². The van der Waals surface area contributed by atoms with Gasteiger partial charge in [-0.15, -0.1) is 0 Å². The summed E-state index contributed by atoms with van der Waals surface area (Å²) in [4.78, 5) is 0.